The maximum atomic E-state index is 13.6. The standard InChI is InChI=1S/C28H29F2N5O4/c1-28(2)22-11-17(16-7-9-34(10-8-16)20-14-38-15-20)4-6-21(22)26(36)35(27(28)37)13-19-5-3-18(12-31-19)24-32-33-25(39-24)23(29)30/h3-6,11-12,16,20,23H,7-10,13-15H2,1-2H3. The molecule has 11 heteroatoms. The van der Waals surface area contributed by atoms with E-state index in [1.54, 1.807) is 12.1 Å². The molecule has 1 aromatic carbocycles. The fourth-order valence-electron chi connectivity index (χ4n) is 5.63. The number of likely N-dealkylation sites (tertiary alicyclic amines) is 1. The largest absolute Gasteiger partial charge is 0.415 e. The minimum atomic E-state index is -2.86. The molecule has 3 aliphatic heterocycles. The summed E-state index contributed by atoms with van der Waals surface area (Å²) in [7, 11) is 0. The van der Waals surface area contributed by atoms with Gasteiger partial charge in [-0.25, -0.2) is 0 Å². The van der Waals surface area contributed by atoms with E-state index in [1.165, 1.54) is 16.7 Å². The van der Waals surface area contributed by atoms with Gasteiger partial charge < -0.3 is 9.15 Å². The molecule has 3 aliphatic rings. The van der Waals surface area contributed by atoms with Crippen molar-refractivity contribution < 1.29 is 27.5 Å². The van der Waals surface area contributed by atoms with Gasteiger partial charge in [0.25, 0.3) is 11.8 Å². The highest BCUT2D eigenvalue weighted by Gasteiger charge is 2.45. The maximum absolute atomic E-state index is 13.6. The summed E-state index contributed by atoms with van der Waals surface area (Å²) in [4.78, 5) is 35.1. The lowest BCUT2D eigenvalue weighted by molar-refractivity contribution is -0.134. The van der Waals surface area contributed by atoms with E-state index in [2.05, 4.69) is 26.1 Å². The fourth-order valence-corrected chi connectivity index (χ4v) is 5.63. The molecule has 2 amide bonds. The van der Waals surface area contributed by atoms with Crippen molar-refractivity contribution in [2.24, 2.45) is 0 Å². The molecule has 39 heavy (non-hydrogen) atoms. The highest BCUT2D eigenvalue weighted by molar-refractivity contribution is 6.12. The number of imide groups is 1. The molecule has 0 unspecified atom stereocenters. The number of halogens is 2. The summed E-state index contributed by atoms with van der Waals surface area (Å²) in [6.07, 6.45) is 0.611. The van der Waals surface area contributed by atoms with Gasteiger partial charge in [0.05, 0.1) is 42.5 Å². The van der Waals surface area contributed by atoms with Crippen LogP contribution in [0.3, 0.4) is 0 Å². The molecular weight excluding hydrogens is 508 g/mol. The maximum Gasteiger partial charge on any atom is 0.314 e. The van der Waals surface area contributed by atoms with Crippen molar-refractivity contribution >= 4 is 11.8 Å². The van der Waals surface area contributed by atoms with E-state index in [4.69, 9.17) is 9.15 Å². The van der Waals surface area contributed by atoms with Crippen LogP contribution in [0, 0.1) is 0 Å². The average Bonchev–Trinajstić information content (AvgIpc) is 3.41. The summed E-state index contributed by atoms with van der Waals surface area (Å²) in [5.74, 6) is -1.10. The molecule has 0 radical (unpaired) electrons. The van der Waals surface area contributed by atoms with Crippen LogP contribution in [0.25, 0.3) is 11.5 Å². The zero-order valence-corrected chi connectivity index (χ0v) is 21.8. The van der Waals surface area contributed by atoms with Gasteiger partial charge in [-0.15, -0.1) is 10.2 Å². The van der Waals surface area contributed by atoms with Crippen LogP contribution < -0.4 is 0 Å². The lowest BCUT2D eigenvalue weighted by Crippen LogP contribution is -2.52. The molecule has 0 N–H and O–H groups in total. The summed E-state index contributed by atoms with van der Waals surface area (Å²) in [6.45, 7) is 7.37. The predicted molar refractivity (Wildman–Crippen MR) is 135 cm³/mol. The number of alkyl halides is 2. The monoisotopic (exact) mass is 537 g/mol. The second-order valence-electron chi connectivity index (χ2n) is 10.9. The number of ether oxygens (including phenoxy) is 1. The first-order valence-electron chi connectivity index (χ1n) is 13.1. The van der Waals surface area contributed by atoms with Crippen molar-refractivity contribution in [2.45, 2.75) is 57.0 Å². The predicted octanol–water partition coefficient (Wildman–Crippen LogP) is 4.11. The van der Waals surface area contributed by atoms with Gasteiger partial charge >= 0.3 is 6.43 Å². The van der Waals surface area contributed by atoms with Crippen molar-refractivity contribution in [3.8, 4) is 11.5 Å². The van der Waals surface area contributed by atoms with Gasteiger partial charge in [-0.3, -0.25) is 24.4 Å². The van der Waals surface area contributed by atoms with Crippen LogP contribution in [0.5, 0.6) is 0 Å². The Hall–Kier alpha value is -3.57. The Morgan fingerprint density at radius 1 is 1.08 bits per heavy atom. The number of amides is 2. The van der Waals surface area contributed by atoms with Crippen LogP contribution in [0.15, 0.2) is 40.9 Å². The molecule has 0 atom stereocenters. The van der Waals surface area contributed by atoms with Gasteiger partial charge in [-0.1, -0.05) is 12.1 Å². The van der Waals surface area contributed by atoms with Gasteiger partial charge in [0.2, 0.25) is 11.8 Å². The Kier molecular flexibility index (Phi) is 6.50. The topological polar surface area (TPSA) is 102 Å². The van der Waals surface area contributed by atoms with Crippen LogP contribution in [-0.4, -0.2) is 69.1 Å². The van der Waals surface area contributed by atoms with Gasteiger partial charge in [0.1, 0.15) is 0 Å². The van der Waals surface area contributed by atoms with Crippen molar-refractivity contribution in [3.63, 3.8) is 0 Å². The minimum Gasteiger partial charge on any atom is -0.415 e. The molecule has 0 bridgehead atoms. The van der Waals surface area contributed by atoms with E-state index in [-0.39, 0.29) is 24.2 Å². The molecule has 0 aliphatic carbocycles. The van der Waals surface area contributed by atoms with Crippen LogP contribution >= 0.6 is 0 Å². The van der Waals surface area contributed by atoms with Gasteiger partial charge in [-0.2, -0.15) is 8.78 Å². The third-order valence-electron chi connectivity index (χ3n) is 8.13. The zero-order valence-electron chi connectivity index (χ0n) is 21.8. The van der Waals surface area contributed by atoms with Crippen molar-refractivity contribution in [1.82, 2.24) is 25.0 Å². The van der Waals surface area contributed by atoms with E-state index >= 15 is 0 Å². The van der Waals surface area contributed by atoms with E-state index in [0.29, 0.717) is 28.8 Å². The van der Waals surface area contributed by atoms with Crippen LogP contribution in [0.1, 0.15) is 72.1 Å². The van der Waals surface area contributed by atoms with E-state index < -0.39 is 17.7 Å². The summed E-state index contributed by atoms with van der Waals surface area (Å²) >= 11 is 0. The van der Waals surface area contributed by atoms with Crippen LogP contribution in [-0.2, 0) is 21.5 Å². The number of pyridine rings is 1. The fraction of sp³-hybridized carbons (Fsp3) is 0.464. The zero-order chi connectivity index (χ0) is 27.3. The molecule has 2 fully saturated rings. The van der Waals surface area contributed by atoms with Gasteiger partial charge in [0, 0.05) is 11.8 Å². The summed E-state index contributed by atoms with van der Waals surface area (Å²) < 4.78 is 35.8. The number of nitrogens with zero attached hydrogens (tertiary/aromatic N) is 5. The minimum absolute atomic E-state index is 0.0158. The SMILES string of the molecule is CC1(C)C(=O)N(Cc2ccc(-c3nnc(C(F)F)o3)cn2)C(=O)c2ccc(C3CCN(C4COC4)CC3)cc21. The molecule has 9 nitrogen and oxygen atoms in total. The van der Waals surface area contributed by atoms with Gasteiger partial charge in [-0.05, 0) is 75.0 Å². The number of carbonyl (C=O) groups excluding carboxylic acids is 2. The summed E-state index contributed by atoms with van der Waals surface area (Å²) in [5, 5.41) is 6.94. The second kappa shape index (κ2) is 9.87. The Balaban J connectivity index is 1.19. The Labute approximate surface area is 224 Å². The Morgan fingerprint density at radius 2 is 1.85 bits per heavy atom. The van der Waals surface area contributed by atoms with E-state index in [1.807, 2.05) is 26.0 Å². The Bertz CT molecular complexity index is 1400. The van der Waals surface area contributed by atoms with Crippen molar-refractivity contribution in [1.29, 1.82) is 0 Å². The van der Waals surface area contributed by atoms with Crippen LogP contribution in [0.4, 0.5) is 8.78 Å². The van der Waals surface area contributed by atoms with Crippen LogP contribution in [0.2, 0.25) is 0 Å². The molecule has 5 heterocycles. The highest BCUT2D eigenvalue weighted by Crippen LogP contribution is 2.39. The molecule has 3 aromatic rings. The molecule has 2 aromatic heterocycles. The first kappa shape index (κ1) is 25.7. The third kappa shape index (κ3) is 4.63. The smallest absolute Gasteiger partial charge is 0.314 e. The molecule has 0 saturated carbocycles. The average molecular weight is 538 g/mol. The lowest BCUT2D eigenvalue weighted by atomic mass is 9.75. The summed E-state index contributed by atoms with van der Waals surface area (Å²) in [5.41, 5.74) is 2.39. The lowest BCUT2D eigenvalue weighted by Gasteiger charge is -2.42. The number of carbonyl (C=O) groups is 2. The Morgan fingerprint density at radius 3 is 2.46 bits per heavy atom. The molecular formula is C28H29F2N5O4. The molecule has 0 spiro atoms. The molecule has 6 rings (SSSR count). The number of hydrogen-bond acceptors (Lipinski definition) is 8. The quantitative estimate of drug-likeness (QED) is 0.433. The van der Waals surface area contributed by atoms with Gasteiger partial charge in [0.15, 0.2) is 0 Å². The van der Waals surface area contributed by atoms with Crippen molar-refractivity contribution in [2.75, 3.05) is 26.3 Å². The number of aromatic nitrogens is 3. The van der Waals surface area contributed by atoms with Crippen molar-refractivity contribution in [3.05, 3.63) is 64.8 Å². The summed E-state index contributed by atoms with van der Waals surface area (Å²) in [6, 6.07) is 9.66. The number of fused-ring (bicyclic) bond motifs is 1. The third-order valence-corrected chi connectivity index (χ3v) is 8.13. The first-order valence-corrected chi connectivity index (χ1v) is 13.1. The number of rotatable bonds is 6. The number of piperidine rings is 1. The second-order valence-corrected chi connectivity index (χ2v) is 10.9. The van der Waals surface area contributed by atoms with E-state index in [9.17, 15) is 18.4 Å². The number of hydrogen-bond donors (Lipinski definition) is 0. The molecule has 204 valence electrons. The number of benzene rings is 1. The highest BCUT2D eigenvalue weighted by atomic mass is 19.3. The molecule has 2 saturated heterocycles. The normalized spacial score (nSPS) is 20.4. The van der Waals surface area contributed by atoms with E-state index in [0.717, 1.165) is 44.7 Å². The first-order chi connectivity index (χ1) is 18.7.